The minimum absolute atomic E-state index is 0.0645. The molecule has 2 rings (SSSR count). The largest absolute Gasteiger partial charge is 0.476 e. The van der Waals surface area contributed by atoms with E-state index in [4.69, 9.17) is 5.11 Å². The summed E-state index contributed by atoms with van der Waals surface area (Å²) in [6, 6.07) is 2.11. The second kappa shape index (κ2) is 5.11. The summed E-state index contributed by atoms with van der Waals surface area (Å²) in [6.07, 6.45) is 0. The van der Waals surface area contributed by atoms with Gasteiger partial charge in [0.1, 0.15) is 5.69 Å². The highest BCUT2D eigenvalue weighted by Gasteiger charge is 2.19. The molecule has 2 N–H and O–H groups in total. The Morgan fingerprint density at radius 2 is 1.65 bits per heavy atom. The smallest absolute Gasteiger partial charge is 0.356 e. The quantitative estimate of drug-likeness (QED) is 0.670. The first kappa shape index (κ1) is 13.7. The van der Waals surface area contributed by atoms with Crippen LogP contribution in [0.3, 0.4) is 0 Å². The molecule has 0 aliphatic rings. The zero-order chi connectivity index (χ0) is 14.9. The number of hydrogen-bond acceptors (Lipinski definition) is 4. The molecule has 1 aromatic carbocycles. The van der Waals surface area contributed by atoms with Gasteiger partial charge >= 0.3 is 5.97 Å². The standard InChI is InChI=1S/C11H5F4N3O2/c12-4-3-5(13)9(15)10(8(4)14)16-7-2-1-6(11(19)20)17-18-7/h1-3H,(H,16,18)(H,19,20). The van der Waals surface area contributed by atoms with Gasteiger partial charge in [-0.3, -0.25) is 0 Å². The van der Waals surface area contributed by atoms with Gasteiger partial charge in [-0.1, -0.05) is 0 Å². The van der Waals surface area contributed by atoms with E-state index in [2.05, 4.69) is 10.2 Å². The zero-order valence-electron chi connectivity index (χ0n) is 9.49. The lowest BCUT2D eigenvalue weighted by atomic mass is 10.2. The number of carboxylic acid groups (broad SMARTS) is 1. The lowest BCUT2D eigenvalue weighted by Gasteiger charge is -2.08. The highest BCUT2D eigenvalue weighted by Crippen LogP contribution is 2.26. The molecule has 20 heavy (non-hydrogen) atoms. The minimum atomic E-state index is -1.63. The Labute approximate surface area is 108 Å². The maximum Gasteiger partial charge on any atom is 0.356 e. The molecule has 0 saturated carbocycles. The van der Waals surface area contributed by atoms with Crippen LogP contribution >= 0.6 is 0 Å². The lowest BCUT2D eigenvalue weighted by Crippen LogP contribution is -2.07. The fourth-order valence-corrected chi connectivity index (χ4v) is 1.32. The number of nitrogens with one attached hydrogen (secondary N) is 1. The molecule has 0 bridgehead atoms. The van der Waals surface area contributed by atoms with Gasteiger partial charge in [0.05, 0.1) is 0 Å². The number of nitrogens with zero attached hydrogens (tertiary/aromatic N) is 2. The number of benzene rings is 1. The Morgan fingerprint density at radius 3 is 2.10 bits per heavy atom. The molecule has 104 valence electrons. The SMILES string of the molecule is O=C(O)c1ccc(Nc2c(F)c(F)cc(F)c2F)nn1. The van der Waals surface area contributed by atoms with Crippen molar-refractivity contribution in [3.63, 3.8) is 0 Å². The average Bonchev–Trinajstić information content (AvgIpc) is 2.42. The summed E-state index contributed by atoms with van der Waals surface area (Å²) in [5.74, 6) is -8.06. The van der Waals surface area contributed by atoms with Crippen molar-refractivity contribution >= 4 is 17.5 Å². The summed E-state index contributed by atoms with van der Waals surface area (Å²) >= 11 is 0. The molecule has 9 heteroatoms. The first-order chi connectivity index (χ1) is 9.40. The van der Waals surface area contributed by atoms with E-state index in [0.29, 0.717) is 0 Å². The van der Waals surface area contributed by atoms with E-state index >= 15 is 0 Å². The van der Waals surface area contributed by atoms with Crippen molar-refractivity contribution in [1.29, 1.82) is 0 Å². The molecule has 0 aliphatic carbocycles. The van der Waals surface area contributed by atoms with Crippen molar-refractivity contribution in [3.05, 3.63) is 47.2 Å². The van der Waals surface area contributed by atoms with Crippen molar-refractivity contribution in [2.24, 2.45) is 0 Å². The van der Waals surface area contributed by atoms with E-state index in [9.17, 15) is 22.4 Å². The monoisotopic (exact) mass is 287 g/mol. The molecule has 0 atom stereocenters. The lowest BCUT2D eigenvalue weighted by molar-refractivity contribution is 0.0689. The van der Waals surface area contributed by atoms with Crippen molar-refractivity contribution < 1.29 is 27.5 Å². The summed E-state index contributed by atoms with van der Waals surface area (Å²) < 4.78 is 52.6. The third kappa shape index (κ3) is 2.51. The van der Waals surface area contributed by atoms with Crippen LogP contribution in [-0.4, -0.2) is 21.3 Å². The van der Waals surface area contributed by atoms with Crippen LogP contribution in [0.5, 0.6) is 0 Å². The summed E-state index contributed by atoms with van der Waals surface area (Å²) in [5, 5.41) is 17.1. The third-order valence-corrected chi connectivity index (χ3v) is 2.25. The van der Waals surface area contributed by atoms with Crippen molar-refractivity contribution in [2.45, 2.75) is 0 Å². The Hall–Kier alpha value is -2.71. The minimum Gasteiger partial charge on any atom is -0.476 e. The number of carboxylic acids is 1. The maximum absolute atomic E-state index is 13.3. The number of hydrogen-bond donors (Lipinski definition) is 2. The van der Waals surface area contributed by atoms with Crippen LogP contribution in [-0.2, 0) is 0 Å². The van der Waals surface area contributed by atoms with Crippen LogP contribution in [0.4, 0.5) is 29.1 Å². The van der Waals surface area contributed by atoms with Gasteiger partial charge in [-0.2, -0.15) is 0 Å². The molecule has 0 aliphatic heterocycles. The molecule has 2 aromatic rings. The van der Waals surface area contributed by atoms with E-state index in [1.165, 1.54) is 0 Å². The van der Waals surface area contributed by atoms with Crippen LogP contribution < -0.4 is 5.32 Å². The summed E-state index contributed by atoms with van der Waals surface area (Å²) in [4.78, 5) is 10.5. The van der Waals surface area contributed by atoms with E-state index in [1.807, 2.05) is 5.32 Å². The van der Waals surface area contributed by atoms with Gasteiger partial charge in [0.25, 0.3) is 0 Å². The van der Waals surface area contributed by atoms with Gasteiger partial charge in [0.2, 0.25) is 0 Å². The fraction of sp³-hybridized carbons (Fsp3) is 0. The van der Waals surface area contributed by atoms with E-state index in [1.54, 1.807) is 0 Å². The summed E-state index contributed by atoms with van der Waals surface area (Å²) in [6.45, 7) is 0. The molecule has 0 spiro atoms. The second-order valence-corrected chi connectivity index (χ2v) is 3.58. The van der Waals surface area contributed by atoms with Crippen LogP contribution in [0, 0.1) is 23.3 Å². The average molecular weight is 287 g/mol. The third-order valence-electron chi connectivity index (χ3n) is 2.25. The van der Waals surface area contributed by atoms with E-state index < -0.39 is 40.6 Å². The highest BCUT2D eigenvalue weighted by atomic mass is 19.2. The van der Waals surface area contributed by atoms with Crippen LogP contribution in [0.25, 0.3) is 0 Å². The Bertz CT molecular complexity index is 650. The fourth-order valence-electron chi connectivity index (χ4n) is 1.32. The predicted octanol–water partition coefficient (Wildman–Crippen LogP) is 2.47. The van der Waals surface area contributed by atoms with Crippen LogP contribution in [0.2, 0.25) is 0 Å². The van der Waals surface area contributed by atoms with Gasteiger partial charge in [-0.25, -0.2) is 22.4 Å². The Morgan fingerprint density at radius 1 is 1.05 bits per heavy atom. The molecular weight excluding hydrogens is 282 g/mol. The van der Waals surface area contributed by atoms with Crippen molar-refractivity contribution in [2.75, 3.05) is 5.32 Å². The van der Waals surface area contributed by atoms with E-state index in [-0.39, 0.29) is 11.9 Å². The van der Waals surface area contributed by atoms with Crippen molar-refractivity contribution in [3.8, 4) is 0 Å². The van der Waals surface area contributed by atoms with Gasteiger partial charge in [0, 0.05) is 6.07 Å². The Kier molecular flexibility index (Phi) is 3.51. The molecule has 0 unspecified atom stereocenters. The van der Waals surface area contributed by atoms with Gasteiger partial charge < -0.3 is 10.4 Å². The first-order valence-corrected chi connectivity index (χ1v) is 5.07. The number of anilines is 2. The van der Waals surface area contributed by atoms with Gasteiger partial charge in [-0.15, -0.1) is 10.2 Å². The highest BCUT2D eigenvalue weighted by molar-refractivity contribution is 5.85. The molecule has 0 fully saturated rings. The number of aromatic carboxylic acids is 1. The zero-order valence-corrected chi connectivity index (χ0v) is 9.49. The van der Waals surface area contributed by atoms with Crippen LogP contribution in [0.1, 0.15) is 10.5 Å². The molecular formula is C11H5F4N3O2. The summed E-state index contributed by atoms with van der Waals surface area (Å²) in [7, 11) is 0. The molecule has 0 amide bonds. The Balaban J connectivity index is 2.37. The van der Waals surface area contributed by atoms with Gasteiger partial charge in [-0.05, 0) is 12.1 Å². The molecule has 5 nitrogen and oxygen atoms in total. The number of aromatic nitrogens is 2. The van der Waals surface area contributed by atoms with Crippen molar-refractivity contribution in [1.82, 2.24) is 10.2 Å². The summed E-state index contributed by atoms with van der Waals surface area (Å²) in [5.41, 5.74) is -1.48. The number of rotatable bonds is 3. The normalized spacial score (nSPS) is 10.4. The maximum atomic E-state index is 13.3. The number of carbonyl (C=O) groups is 1. The van der Waals surface area contributed by atoms with E-state index in [0.717, 1.165) is 12.1 Å². The van der Waals surface area contributed by atoms with Crippen LogP contribution in [0.15, 0.2) is 18.2 Å². The second-order valence-electron chi connectivity index (χ2n) is 3.58. The predicted molar refractivity (Wildman–Crippen MR) is 58.5 cm³/mol. The first-order valence-electron chi connectivity index (χ1n) is 5.07. The molecule has 1 heterocycles. The molecule has 0 saturated heterocycles. The molecule has 0 radical (unpaired) electrons. The van der Waals surface area contributed by atoms with Gasteiger partial charge in [0.15, 0.2) is 34.8 Å². The molecule has 1 aromatic heterocycles. The number of halogens is 4. The topological polar surface area (TPSA) is 75.1 Å².